The summed E-state index contributed by atoms with van der Waals surface area (Å²) in [5.74, 6) is 2.17. The van der Waals surface area contributed by atoms with Crippen LogP contribution in [0.5, 0.6) is 0 Å². The van der Waals surface area contributed by atoms with Gasteiger partial charge in [0.2, 0.25) is 5.91 Å². The highest BCUT2D eigenvalue weighted by atomic mass is 35.5. The Kier molecular flexibility index (Phi) is 6.69. The van der Waals surface area contributed by atoms with Crippen LogP contribution in [0.15, 0.2) is 24.4 Å². The van der Waals surface area contributed by atoms with Gasteiger partial charge in [0.1, 0.15) is 12.0 Å². The molecular weight excluding hydrogens is 481 g/mol. The van der Waals surface area contributed by atoms with Crippen molar-refractivity contribution in [1.29, 1.82) is 0 Å². The SMILES string of the molecule is C[C@@]1(N2CCC(c3cc4cc(NC(=O)[C@H]5C[C@H]5C5CCOCC5)ncc4cc3Cl)CC2)COC[C@@H]1F. The molecule has 1 aliphatic carbocycles. The topological polar surface area (TPSA) is 63.7 Å². The first kappa shape index (κ1) is 24.5. The molecule has 0 radical (unpaired) electrons. The maximum Gasteiger partial charge on any atom is 0.228 e. The van der Waals surface area contributed by atoms with Crippen molar-refractivity contribution in [2.45, 2.75) is 56.7 Å². The average molecular weight is 516 g/mol. The van der Waals surface area contributed by atoms with E-state index >= 15 is 0 Å². The number of benzene rings is 1. The van der Waals surface area contributed by atoms with Crippen molar-refractivity contribution in [2.24, 2.45) is 17.8 Å². The number of nitrogens with one attached hydrogen (secondary N) is 1. The van der Waals surface area contributed by atoms with Gasteiger partial charge < -0.3 is 14.8 Å². The number of piperidine rings is 1. The average Bonchev–Trinajstić information content (AvgIpc) is 3.63. The first-order valence-electron chi connectivity index (χ1n) is 13.4. The summed E-state index contributed by atoms with van der Waals surface area (Å²) in [4.78, 5) is 19.6. The van der Waals surface area contributed by atoms with Crippen LogP contribution in [0.1, 0.15) is 50.5 Å². The Labute approximate surface area is 216 Å². The standard InChI is InChI=1S/C28H35ClFN3O3/c1-28(16-36-15-25(28)30)33-6-2-17(3-7-33)22-10-19-12-26(31-14-20(19)11-24(22)29)32-27(34)23-13-21(23)18-4-8-35-9-5-18/h10-12,14,17-18,21,23,25H,2-9,13,15-16H2,1H3,(H,31,32,34)/t21-,23-,25-,28+/m0/s1. The molecule has 6 nitrogen and oxygen atoms in total. The number of halogens is 2. The number of carbonyl (C=O) groups is 1. The maximum atomic E-state index is 14.5. The number of likely N-dealkylation sites (tertiary alicyclic amines) is 1. The third-order valence-electron chi connectivity index (χ3n) is 9.13. The third-order valence-corrected chi connectivity index (χ3v) is 9.45. The molecule has 4 aliphatic rings. The van der Waals surface area contributed by atoms with Gasteiger partial charge in [-0.15, -0.1) is 0 Å². The fourth-order valence-corrected chi connectivity index (χ4v) is 6.92. The quantitative estimate of drug-likeness (QED) is 0.593. The Hall–Kier alpha value is -1.80. The zero-order valence-electron chi connectivity index (χ0n) is 20.8. The summed E-state index contributed by atoms with van der Waals surface area (Å²) in [5.41, 5.74) is 0.598. The molecule has 4 heterocycles. The lowest BCUT2D eigenvalue weighted by Gasteiger charge is -2.43. The summed E-state index contributed by atoms with van der Waals surface area (Å²) < 4.78 is 25.4. The van der Waals surface area contributed by atoms with Crippen LogP contribution in [0.4, 0.5) is 10.2 Å². The van der Waals surface area contributed by atoms with Gasteiger partial charge in [0.15, 0.2) is 0 Å². The summed E-state index contributed by atoms with van der Waals surface area (Å²) in [7, 11) is 0. The van der Waals surface area contributed by atoms with E-state index in [9.17, 15) is 9.18 Å². The summed E-state index contributed by atoms with van der Waals surface area (Å²) in [5, 5.41) is 5.79. The summed E-state index contributed by atoms with van der Waals surface area (Å²) >= 11 is 6.71. The minimum Gasteiger partial charge on any atom is -0.381 e. The number of nitrogens with zero attached hydrogens (tertiary/aromatic N) is 2. The Morgan fingerprint density at radius 3 is 2.64 bits per heavy atom. The molecule has 3 aliphatic heterocycles. The zero-order chi connectivity index (χ0) is 24.9. The second kappa shape index (κ2) is 9.82. The van der Waals surface area contributed by atoms with Crippen molar-refractivity contribution < 1.29 is 18.7 Å². The van der Waals surface area contributed by atoms with Gasteiger partial charge >= 0.3 is 0 Å². The maximum absolute atomic E-state index is 14.5. The highest BCUT2D eigenvalue weighted by Gasteiger charge is 2.48. The highest BCUT2D eigenvalue weighted by Crippen LogP contribution is 2.48. The molecule has 4 fully saturated rings. The van der Waals surface area contributed by atoms with Crippen molar-refractivity contribution in [1.82, 2.24) is 9.88 Å². The van der Waals surface area contributed by atoms with Crippen LogP contribution >= 0.6 is 11.6 Å². The van der Waals surface area contributed by atoms with E-state index in [-0.39, 0.29) is 18.4 Å². The van der Waals surface area contributed by atoms with Crippen LogP contribution in [0, 0.1) is 17.8 Å². The van der Waals surface area contributed by atoms with E-state index in [1.54, 1.807) is 6.20 Å². The second-order valence-corrected chi connectivity index (χ2v) is 11.7. The molecule has 0 bridgehead atoms. The Morgan fingerprint density at radius 2 is 1.92 bits per heavy atom. The molecule has 1 aromatic carbocycles. The lowest BCUT2D eigenvalue weighted by Crippen LogP contribution is -2.55. The molecule has 1 N–H and O–H groups in total. The Morgan fingerprint density at radius 1 is 1.14 bits per heavy atom. The van der Waals surface area contributed by atoms with Crippen LogP contribution in [0.3, 0.4) is 0 Å². The van der Waals surface area contributed by atoms with Gasteiger partial charge in [0.25, 0.3) is 0 Å². The fraction of sp³-hybridized carbons (Fsp3) is 0.643. The molecule has 3 saturated heterocycles. The van der Waals surface area contributed by atoms with E-state index in [1.807, 2.05) is 19.1 Å². The van der Waals surface area contributed by atoms with E-state index in [0.29, 0.717) is 30.2 Å². The molecule has 36 heavy (non-hydrogen) atoms. The zero-order valence-corrected chi connectivity index (χ0v) is 21.6. The van der Waals surface area contributed by atoms with Gasteiger partial charge in [-0.05, 0) is 99.0 Å². The summed E-state index contributed by atoms with van der Waals surface area (Å²) in [6.07, 6.45) is 5.79. The molecule has 4 atom stereocenters. The minimum atomic E-state index is -0.943. The predicted octanol–water partition coefficient (Wildman–Crippen LogP) is 5.20. The van der Waals surface area contributed by atoms with E-state index in [1.165, 1.54) is 0 Å². The number of hydrogen-bond acceptors (Lipinski definition) is 5. The number of amides is 1. The minimum absolute atomic E-state index is 0.0791. The molecule has 2 aromatic rings. The van der Waals surface area contributed by atoms with Crippen LogP contribution in [0.25, 0.3) is 10.8 Å². The molecule has 8 heteroatoms. The lowest BCUT2D eigenvalue weighted by molar-refractivity contribution is -0.117. The number of ether oxygens (including phenoxy) is 2. The van der Waals surface area contributed by atoms with E-state index < -0.39 is 11.7 Å². The van der Waals surface area contributed by atoms with Gasteiger partial charge in [0, 0.05) is 35.7 Å². The number of rotatable bonds is 5. The molecule has 194 valence electrons. The number of anilines is 1. The van der Waals surface area contributed by atoms with Crippen molar-refractivity contribution in [2.75, 3.05) is 44.8 Å². The van der Waals surface area contributed by atoms with Gasteiger partial charge in [-0.3, -0.25) is 9.69 Å². The number of carbonyl (C=O) groups excluding carboxylic acids is 1. The smallest absolute Gasteiger partial charge is 0.228 e. The largest absolute Gasteiger partial charge is 0.381 e. The molecule has 1 saturated carbocycles. The summed E-state index contributed by atoms with van der Waals surface area (Å²) in [6.45, 7) is 5.90. The first-order chi connectivity index (χ1) is 17.4. The van der Waals surface area contributed by atoms with Crippen molar-refractivity contribution in [3.63, 3.8) is 0 Å². The predicted molar refractivity (Wildman–Crippen MR) is 138 cm³/mol. The number of fused-ring (bicyclic) bond motifs is 1. The van der Waals surface area contributed by atoms with Crippen LogP contribution < -0.4 is 5.32 Å². The summed E-state index contributed by atoms with van der Waals surface area (Å²) in [6, 6.07) is 6.08. The second-order valence-electron chi connectivity index (χ2n) is 11.3. The van der Waals surface area contributed by atoms with Crippen molar-refractivity contribution in [3.8, 4) is 0 Å². The monoisotopic (exact) mass is 515 g/mol. The van der Waals surface area contributed by atoms with Crippen LogP contribution in [0.2, 0.25) is 5.02 Å². The first-order valence-corrected chi connectivity index (χ1v) is 13.7. The van der Waals surface area contributed by atoms with Crippen molar-refractivity contribution in [3.05, 3.63) is 35.0 Å². The number of hydrogen-bond donors (Lipinski definition) is 1. The number of pyridine rings is 1. The third kappa shape index (κ3) is 4.64. The van der Waals surface area contributed by atoms with Crippen molar-refractivity contribution >= 4 is 34.1 Å². The molecule has 6 rings (SSSR count). The van der Waals surface area contributed by atoms with Gasteiger partial charge in [-0.1, -0.05) is 11.6 Å². The lowest BCUT2D eigenvalue weighted by atomic mass is 9.85. The fourth-order valence-electron chi connectivity index (χ4n) is 6.59. The van der Waals surface area contributed by atoms with Gasteiger partial charge in [-0.2, -0.15) is 0 Å². The molecule has 0 spiro atoms. The van der Waals surface area contributed by atoms with E-state index in [2.05, 4.69) is 21.3 Å². The molecule has 0 unspecified atom stereocenters. The Balaban J connectivity index is 1.13. The van der Waals surface area contributed by atoms with Gasteiger partial charge in [-0.25, -0.2) is 9.37 Å². The number of alkyl halides is 1. The highest BCUT2D eigenvalue weighted by molar-refractivity contribution is 6.32. The van der Waals surface area contributed by atoms with Crippen LogP contribution in [-0.2, 0) is 14.3 Å². The molecule has 1 amide bonds. The Bertz CT molecular complexity index is 1130. The van der Waals surface area contributed by atoms with Crippen LogP contribution in [-0.4, -0.2) is 67.0 Å². The number of aromatic nitrogens is 1. The van der Waals surface area contributed by atoms with E-state index in [0.717, 1.165) is 79.8 Å². The van der Waals surface area contributed by atoms with E-state index in [4.69, 9.17) is 21.1 Å². The van der Waals surface area contributed by atoms with Gasteiger partial charge in [0.05, 0.1) is 18.8 Å². The molecule has 1 aromatic heterocycles. The molecular formula is C28H35ClFN3O3. The normalized spacial score (nSPS) is 32.1.